The van der Waals surface area contributed by atoms with E-state index in [-0.39, 0.29) is 6.71 Å². The lowest BCUT2D eigenvalue weighted by Crippen LogP contribution is -2.59. The van der Waals surface area contributed by atoms with Crippen LogP contribution in [0.4, 0.5) is 22.7 Å². The van der Waals surface area contributed by atoms with Crippen molar-refractivity contribution >= 4 is 89.5 Å². The molecule has 0 radical (unpaired) electrons. The molecule has 2 aromatic heterocycles. The molecule has 6 heteroatoms. The normalized spacial score (nSPS) is 12.1. The Labute approximate surface area is 358 Å². The molecule has 2 aliphatic heterocycles. The van der Waals surface area contributed by atoms with Gasteiger partial charge in [0.1, 0.15) is 6.07 Å². The van der Waals surface area contributed by atoms with Crippen molar-refractivity contribution in [1.82, 2.24) is 9.13 Å². The fourth-order valence-corrected chi connectivity index (χ4v) is 10.7. The second-order valence-electron chi connectivity index (χ2n) is 16.2. The Morgan fingerprint density at radius 2 is 0.903 bits per heavy atom. The van der Waals surface area contributed by atoms with Gasteiger partial charge in [-0.05, 0) is 75.0 Å². The largest absolute Gasteiger partial charge is 0.320 e. The minimum absolute atomic E-state index is 0.216. The van der Waals surface area contributed by atoms with Crippen molar-refractivity contribution in [2.75, 3.05) is 4.90 Å². The van der Waals surface area contributed by atoms with Gasteiger partial charge in [0.15, 0.2) is 0 Å². The minimum atomic E-state index is -0.216. The van der Waals surface area contributed by atoms with Gasteiger partial charge in [0.25, 0.3) is 6.71 Å². The summed E-state index contributed by atoms with van der Waals surface area (Å²) in [5.41, 5.74) is 16.8. The molecule has 0 atom stereocenters. The molecule has 0 saturated heterocycles. The van der Waals surface area contributed by atoms with Crippen LogP contribution in [0.3, 0.4) is 0 Å². The summed E-state index contributed by atoms with van der Waals surface area (Å²) >= 11 is 0. The third kappa shape index (κ3) is 4.56. The highest BCUT2D eigenvalue weighted by atomic mass is 15.2. The number of rotatable bonds is 5. The van der Waals surface area contributed by atoms with E-state index in [1.807, 2.05) is 12.1 Å². The number of hydrogen-bond donors (Lipinski definition) is 0. The Hall–Kier alpha value is -8.58. The van der Waals surface area contributed by atoms with E-state index in [0.717, 1.165) is 94.1 Å². The van der Waals surface area contributed by atoms with Crippen LogP contribution in [0.2, 0.25) is 0 Å². The zero-order valence-electron chi connectivity index (χ0n) is 33.3. The molecule has 4 heterocycles. The summed E-state index contributed by atoms with van der Waals surface area (Å²) in [7, 11) is 0. The first kappa shape index (κ1) is 34.3. The van der Waals surface area contributed by atoms with Crippen LogP contribution in [-0.4, -0.2) is 15.8 Å². The van der Waals surface area contributed by atoms with E-state index in [2.05, 4.69) is 207 Å². The Morgan fingerprint density at radius 1 is 0.468 bits per heavy atom. The molecule has 2 aliphatic rings. The van der Waals surface area contributed by atoms with Crippen molar-refractivity contribution in [2.24, 2.45) is 0 Å². The predicted molar refractivity (Wildman–Crippen MR) is 256 cm³/mol. The number of benzene rings is 9. The summed E-state index contributed by atoms with van der Waals surface area (Å²) in [4.78, 5) is 6.70. The first-order chi connectivity index (χ1) is 30.7. The lowest BCUT2D eigenvalue weighted by molar-refractivity contribution is 1.13. The van der Waals surface area contributed by atoms with Crippen molar-refractivity contribution in [3.05, 3.63) is 211 Å². The molecule has 0 spiro atoms. The molecule has 11 aromatic rings. The van der Waals surface area contributed by atoms with E-state index in [9.17, 15) is 11.8 Å². The minimum Gasteiger partial charge on any atom is -0.320 e. The van der Waals surface area contributed by atoms with Gasteiger partial charge in [-0.3, -0.25) is 0 Å². The highest BCUT2D eigenvalue weighted by molar-refractivity contribution is 7.00. The van der Waals surface area contributed by atoms with Gasteiger partial charge in [-0.15, -0.1) is 0 Å². The van der Waals surface area contributed by atoms with Gasteiger partial charge < -0.3 is 14.0 Å². The fourth-order valence-electron chi connectivity index (χ4n) is 10.7. The van der Waals surface area contributed by atoms with Crippen molar-refractivity contribution in [3.8, 4) is 39.7 Å². The maximum absolute atomic E-state index is 11.9. The highest BCUT2D eigenvalue weighted by Gasteiger charge is 2.45. The molecule has 0 bridgehead atoms. The standard InChI is InChI=1S/C56H32BN5/c1-59-51-55(60(39-30-26-37(27-31-39)35-14-4-2-5-15-35)40-32-28-38(29-33-40)36-16-6-3-7-17-36)45(34-58)54-50-56(51)62-49-25-11-9-19-42(49)44-21-13-23-47(53(44)62)57(50)46-22-12-20-43-41-18-8-10-24-48(41)61(54)52(43)46/h2-33H. The van der Waals surface area contributed by atoms with E-state index in [0.29, 0.717) is 16.9 Å². The highest BCUT2D eigenvalue weighted by Crippen LogP contribution is 2.51. The molecule has 9 aromatic carbocycles. The van der Waals surface area contributed by atoms with Gasteiger partial charge in [-0.25, -0.2) is 4.85 Å². The second kappa shape index (κ2) is 13.0. The molecular formula is C56H32BN5. The first-order valence-corrected chi connectivity index (χ1v) is 20.9. The summed E-state index contributed by atoms with van der Waals surface area (Å²) in [5, 5.41) is 16.4. The summed E-state index contributed by atoms with van der Waals surface area (Å²) < 4.78 is 4.66. The van der Waals surface area contributed by atoms with Crippen LogP contribution in [0.5, 0.6) is 0 Å². The smallest absolute Gasteiger partial charge is 0.250 e. The lowest BCUT2D eigenvalue weighted by atomic mass is 9.34. The number of anilines is 3. The molecule has 0 aliphatic carbocycles. The summed E-state index contributed by atoms with van der Waals surface area (Å²) in [6.07, 6.45) is 0. The van der Waals surface area contributed by atoms with Crippen LogP contribution in [0.1, 0.15) is 5.56 Å². The third-order valence-electron chi connectivity index (χ3n) is 13.2. The van der Waals surface area contributed by atoms with E-state index in [1.54, 1.807) is 0 Å². The van der Waals surface area contributed by atoms with E-state index < -0.39 is 0 Å². The Balaban J connectivity index is 1.20. The molecule has 0 amide bonds. The Morgan fingerprint density at radius 3 is 1.39 bits per heavy atom. The van der Waals surface area contributed by atoms with Gasteiger partial charge in [0.05, 0.1) is 40.2 Å². The first-order valence-electron chi connectivity index (χ1n) is 20.9. The van der Waals surface area contributed by atoms with E-state index >= 15 is 0 Å². The summed E-state index contributed by atoms with van der Waals surface area (Å²) in [5.74, 6) is 0. The van der Waals surface area contributed by atoms with Crippen LogP contribution >= 0.6 is 0 Å². The number of fused-ring (bicyclic) bond motifs is 10. The molecular weight excluding hydrogens is 753 g/mol. The Kier molecular flexibility index (Phi) is 7.17. The van der Waals surface area contributed by atoms with Gasteiger partial charge in [0.2, 0.25) is 5.69 Å². The van der Waals surface area contributed by atoms with Gasteiger partial charge in [0, 0.05) is 44.0 Å². The molecule has 5 nitrogen and oxygen atoms in total. The topological polar surface area (TPSA) is 41.2 Å². The zero-order chi connectivity index (χ0) is 41.1. The maximum atomic E-state index is 11.9. The van der Waals surface area contributed by atoms with Crippen molar-refractivity contribution < 1.29 is 0 Å². The average molecular weight is 786 g/mol. The second-order valence-corrected chi connectivity index (χ2v) is 16.2. The van der Waals surface area contributed by atoms with Crippen molar-refractivity contribution in [1.29, 1.82) is 5.26 Å². The quantitative estimate of drug-likeness (QED) is 0.129. The molecule has 0 saturated carbocycles. The summed E-state index contributed by atoms with van der Waals surface area (Å²) in [6, 6.07) is 70.8. The van der Waals surface area contributed by atoms with Crippen LogP contribution in [0.25, 0.3) is 82.1 Å². The average Bonchev–Trinajstić information content (AvgIpc) is 3.86. The number of nitriles is 1. The van der Waals surface area contributed by atoms with Crippen molar-refractivity contribution in [3.63, 3.8) is 0 Å². The monoisotopic (exact) mass is 785 g/mol. The fraction of sp³-hybridized carbons (Fsp3) is 0. The lowest BCUT2D eigenvalue weighted by Gasteiger charge is -2.38. The van der Waals surface area contributed by atoms with Crippen LogP contribution in [-0.2, 0) is 0 Å². The number of nitrogens with zero attached hydrogens (tertiary/aromatic N) is 5. The zero-order valence-corrected chi connectivity index (χ0v) is 33.3. The molecule has 0 fully saturated rings. The molecule has 0 N–H and O–H groups in total. The predicted octanol–water partition coefficient (Wildman–Crippen LogP) is 12.3. The van der Waals surface area contributed by atoms with Gasteiger partial charge >= 0.3 is 0 Å². The van der Waals surface area contributed by atoms with Gasteiger partial charge in [-0.2, -0.15) is 5.26 Å². The van der Waals surface area contributed by atoms with Crippen LogP contribution < -0.4 is 21.3 Å². The Bertz CT molecular complexity index is 3510. The number of hydrogen-bond acceptors (Lipinski definition) is 2. The molecule has 0 unspecified atom stereocenters. The van der Waals surface area contributed by atoms with E-state index in [4.69, 9.17) is 0 Å². The number of para-hydroxylation sites is 4. The van der Waals surface area contributed by atoms with Crippen molar-refractivity contribution in [2.45, 2.75) is 0 Å². The van der Waals surface area contributed by atoms with Gasteiger partial charge in [-0.1, -0.05) is 158 Å². The number of aromatic nitrogens is 2. The maximum Gasteiger partial charge on any atom is 0.250 e. The third-order valence-corrected chi connectivity index (χ3v) is 13.2. The van der Waals surface area contributed by atoms with Crippen LogP contribution in [0.15, 0.2) is 194 Å². The van der Waals surface area contributed by atoms with Crippen LogP contribution in [0, 0.1) is 17.9 Å². The molecule has 62 heavy (non-hydrogen) atoms. The SMILES string of the molecule is [C-]#[N+]c1c(N(c2ccc(-c3ccccc3)cc2)c2ccc(-c3ccccc3)cc2)c(C#N)c2c3c1-n1c4ccccc4c4cccc(c41)B3c1cccc3c4ccccc4n-2c13. The summed E-state index contributed by atoms with van der Waals surface area (Å²) in [6.45, 7) is 9.07. The van der Waals surface area contributed by atoms with E-state index in [1.165, 1.54) is 10.9 Å². The molecule has 284 valence electrons. The molecule has 13 rings (SSSR count).